The highest BCUT2D eigenvalue weighted by Crippen LogP contribution is 2.26. The van der Waals surface area contributed by atoms with E-state index in [-0.39, 0.29) is 0 Å². The molecule has 2 aliphatic heterocycles. The number of hydrogen-bond donors (Lipinski definition) is 0. The van der Waals surface area contributed by atoms with Crippen LogP contribution in [0.4, 0.5) is 0 Å². The van der Waals surface area contributed by atoms with Gasteiger partial charge in [-0.3, -0.25) is 4.79 Å². The van der Waals surface area contributed by atoms with E-state index in [0.717, 1.165) is 12.3 Å². The van der Waals surface area contributed by atoms with E-state index < -0.39 is 23.6 Å². The molecule has 1 spiro atoms. The van der Waals surface area contributed by atoms with Gasteiger partial charge in [0.05, 0.1) is 6.20 Å². The van der Waals surface area contributed by atoms with Crippen LogP contribution in [0.3, 0.4) is 0 Å². The molecule has 1 amide bonds. The average molecular weight is 182 g/mol. The Morgan fingerprint density at radius 1 is 1.15 bits per heavy atom. The first-order chi connectivity index (χ1) is 6.14. The molecule has 1 fully saturated rings. The predicted octanol–water partition coefficient (Wildman–Crippen LogP) is -0.711. The van der Waals surface area contributed by atoms with Gasteiger partial charge in [0.1, 0.15) is 0 Å². The Bertz CT molecular complexity index is 353. The van der Waals surface area contributed by atoms with Crippen molar-refractivity contribution >= 4 is 17.8 Å². The standard InChI is InChI=1S/C6H2N2O5/c9-3-4(10)13-6(12-3)1-2-7-8-5(6)11/h1-2H. The van der Waals surface area contributed by atoms with E-state index in [9.17, 15) is 14.4 Å². The van der Waals surface area contributed by atoms with Crippen LogP contribution in [0.2, 0.25) is 0 Å². The van der Waals surface area contributed by atoms with Crippen molar-refractivity contribution in [3.8, 4) is 0 Å². The Balaban J connectivity index is 2.38. The first-order valence-electron chi connectivity index (χ1n) is 3.23. The topological polar surface area (TPSA) is 94.4 Å². The molecular formula is C6H2N2O5. The molecule has 7 heteroatoms. The summed E-state index contributed by atoms with van der Waals surface area (Å²) in [6, 6.07) is 0. The number of ether oxygens (including phenoxy) is 2. The Kier molecular flexibility index (Phi) is 1.30. The van der Waals surface area contributed by atoms with Crippen molar-refractivity contribution in [3.63, 3.8) is 0 Å². The summed E-state index contributed by atoms with van der Waals surface area (Å²) < 4.78 is 8.83. The number of carbonyl (C=O) groups is 3. The maximum Gasteiger partial charge on any atom is 0.421 e. The molecule has 1 saturated heterocycles. The summed E-state index contributed by atoms with van der Waals surface area (Å²) >= 11 is 0. The minimum Gasteiger partial charge on any atom is -0.401 e. The van der Waals surface area contributed by atoms with Crippen molar-refractivity contribution in [2.75, 3.05) is 0 Å². The summed E-state index contributed by atoms with van der Waals surface area (Å²) in [5, 5.41) is 6.32. The molecule has 13 heavy (non-hydrogen) atoms. The Morgan fingerprint density at radius 2 is 1.77 bits per heavy atom. The molecule has 66 valence electrons. The number of nitrogens with zero attached hydrogens (tertiary/aromatic N) is 2. The van der Waals surface area contributed by atoms with Crippen molar-refractivity contribution in [3.05, 3.63) is 12.3 Å². The molecule has 0 aromatic carbocycles. The lowest BCUT2D eigenvalue weighted by molar-refractivity contribution is -0.174. The highest BCUT2D eigenvalue weighted by molar-refractivity contribution is 6.32. The van der Waals surface area contributed by atoms with Gasteiger partial charge in [0.15, 0.2) is 0 Å². The van der Waals surface area contributed by atoms with Crippen molar-refractivity contribution in [2.45, 2.75) is 5.79 Å². The van der Waals surface area contributed by atoms with E-state index >= 15 is 0 Å². The molecule has 0 bridgehead atoms. The highest BCUT2D eigenvalue weighted by atomic mass is 16.8. The molecule has 0 aromatic heterocycles. The SMILES string of the molecule is O=C1OC2(C=CN=NC2=O)OC1=O. The summed E-state index contributed by atoms with van der Waals surface area (Å²) in [5.74, 6) is -5.37. The first kappa shape index (κ1) is 7.59. The molecule has 2 aliphatic rings. The molecule has 0 radical (unpaired) electrons. The predicted molar refractivity (Wildman–Crippen MR) is 33.9 cm³/mol. The monoisotopic (exact) mass is 182 g/mol. The lowest BCUT2D eigenvalue weighted by Crippen LogP contribution is -2.38. The second-order valence-electron chi connectivity index (χ2n) is 2.28. The van der Waals surface area contributed by atoms with E-state index in [1.807, 2.05) is 0 Å². The highest BCUT2D eigenvalue weighted by Gasteiger charge is 2.54. The van der Waals surface area contributed by atoms with E-state index in [1.54, 1.807) is 0 Å². The molecule has 0 unspecified atom stereocenters. The second-order valence-corrected chi connectivity index (χ2v) is 2.28. The smallest absolute Gasteiger partial charge is 0.401 e. The van der Waals surface area contributed by atoms with Gasteiger partial charge in [0, 0.05) is 6.08 Å². The van der Waals surface area contributed by atoms with Crippen molar-refractivity contribution in [1.29, 1.82) is 0 Å². The lowest BCUT2D eigenvalue weighted by atomic mass is 10.2. The van der Waals surface area contributed by atoms with Crippen LogP contribution in [0.15, 0.2) is 22.5 Å². The van der Waals surface area contributed by atoms with Crippen molar-refractivity contribution in [2.24, 2.45) is 10.2 Å². The van der Waals surface area contributed by atoms with Gasteiger partial charge in [-0.15, -0.1) is 5.11 Å². The van der Waals surface area contributed by atoms with Crippen molar-refractivity contribution in [1.82, 2.24) is 0 Å². The molecule has 2 rings (SSSR count). The summed E-state index contributed by atoms with van der Waals surface area (Å²) in [6.07, 6.45) is 2.15. The van der Waals surface area contributed by atoms with E-state index in [4.69, 9.17) is 0 Å². The normalized spacial score (nSPS) is 23.5. The number of esters is 2. The summed E-state index contributed by atoms with van der Waals surface area (Å²) in [5.41, 5.74) is 0. The summed E-state index contributed by atoms with van der Waals surface area (Å²) in [4.78, 5) is 32.3. The van der Waals surface area contributed by atoms with Gasteiger partial charge in [-0.05, 0) is 0 Å². The molecule has 0 saturated carbocycles. The molecule has 0 aliphatic carbocycles. The molecule has 0 atom stereocenters. The van der Waals surface area contributed by atoms with Gasteiger partial charge in [0.25, 0.3) is 0 Å². The number of hydrogen-bond acceptors (Lipinski definition) is 6. The Hall–Kier alpha value is -2.05. The fourth-order valence-electron chi connectivity index (χ4n) is 0.893. The van der Waals surface area contributed by atoms with Crippen LogP contribution in [0.25, 0.3) is 0 Å². The zero-order valence-electron chi connectivity index (χ0n) is 6.09. The second kappa shape index (κ2) is 2.22. The third-order valence-electron chi connectivity index (χ3n) is 1.46. The van der Waals surface area contributed by atoms with Gasteiger partial charge < -0.3 is 9.47 Å². The van der Waals surface area contributed by atoms with Gasteiger partial charge in [0.2, 0.25) is 0 Å². The van der Waals surface area contributed by atoms with Gasteiger partial charge in [-0.2, -0.15) is 5.11 Å². The van der Waals surface area contributed by atoms with Crippen LogP contribution in [0, 0.1) is 0 Å². The summed E-state index contributed by atoms with van der Waals surface area (Å²) in [7, 11) is 0. The maximum atomic E-state index is 11.0. The minimum absolute atomic E-state index is 0.936. The third kappa shape index (κ3) is 0.934. The van der Waals surface area contributed by atoms with Gasteiger partial charge in [-0.1, -0.05) is 0 Å². The Morgan fingerprint density at radius 3 is 2.31 bits per heavy atom. The van der Waals surface area contributed by atoms with Crippen LogP contribution >= 0.6 is 0 Å². The third-order valence-corrected chi connectivity index (χ3v) is 1.46. The zero-order valence-corrected chi connectivity index (χ0v) is 6.09. The summed E-state index contributed by atoms with van der Waals surface area (Å²) in [6.45, 7) is 0. The quantitative estimate of drug-likeness (QED) is 0.364. The Labute approximate surface area is 71.0 Å². The number of carbonyl (C=O) groups excluding carboxylic acids is 3. The largest absolute Gasteiger partial charge is 0.421 e. The fourth-order valence-corrected chi connectivity index (χ4v) is 0.893. The molecule has 0 aromatic rings. The van der Waals surface area contributed by atoms with Crippen LogP contribution in [0.5, 0.6) is 0 Å². The molecule has 2 heterocycles. The van der Waals surface area contributed by atoms with Crippen LogP contribution in [-0.4, -0.2) is 23.6 Å². The molecule has 7 nitrogen and oxygen atoms in total. The van der Waals surface area contributed by atoms with Crippen LogP contribution in [0.1, 0.15) is 0 Å². The van der Waals surface area contributed by atoms with Gasteiger partial charge >= 0.3 is 23.6 Å². The van der Waals surface area contributed by atoms with E-state index in [2.05, 4.69) is 19.7 Å². The first-order valence-corrected chi connectivity index (χ1v) is 3.23. The number of amides is 1. The fraction of sp³-hybridized carbons (Fsp3) is 0.167. The van der Waals surface area contributed by atoms with Gasteiger partial charge in [-0.25, -0.2) is 9.59 Å². The van der Waals surface area contributed by atoms with Crippen LogP contribution < -0.4 is 0 Å². The lowest BCUT2D eigenvalue weighted by Gasteiger charge is -2.17. The number of rotatable bonds is 0. The molecular weight excluding hydrogens is 180 g/mol. The van der Waals surface area contributed by atoms with Crippen LogP contribution in [-0.2, 0) is 23.9 Å². The van der Waals surface area contributed by atoms with Crippen molar-refractivity contribution < 1.29 is 23.9 Å². The van der Waals surface area contributed by atoms with E-state index in [1.165, 1.54) is 0 Å². The zero-order chi connectivity index (χ0) is 9.47. The maximum absolute atomic E-state index is 11.0. The molecule has 0 N–H and O–H groups in total. The average Bonchev–Trinajstić information content (AvgIpc) is 2.36. The number of azo groups is 1. The minimum atomic E-state index is -2.00. The van der Waals surface area contributed by atoms with E-state index in [0.29, 0.717) is 0 Å².